The lowest BCUT2D eigenvalue weighted by Gasteiger charge is -2.18. The Morgan fingerprint density at radius 2 is 1.66 bits per heavy atom. The molecule has 0 heterocycles. The van der Waals surface area contributed by atoms with Gasteiger partial charge in [0, 0.05) is 10.7 Å². The lowest BCUT2D eigenvalue weighted by Crippen LogP contribution is -2.32. The number of anilines is 2. The monoisotopic (exact) mass is 508 g/mol. The Morgan fingerprint density at radius 1 is 0.943 bits per heavy atom. The van der Waals surface area contributed by atoms with Crippen LogP contribution in [0.4, 0.5) is 11.4 Å². The van der Waals surface area contributed by atoms with Crippen LogP contribution in [-0.4, -0.2) is 20.4 Å². The van der Waals surface area contributed by atoms with E-state index >= 15 is 0 Å². The minimum Gasteiger partial charge on any atom is -0.481 e. The summed E-state index contributed by atoms with van der Waals surface area (Å²) in [4.78, 5) is 12.9. The molecule has 2 N–H and O–H groups in total. The summed E-state index contributed by atoms with van der Waals surface area (Å²) in [7, 11) is -3.82. The molecule has 8 heteroatoms. The van der Waals surface area contributed by atoms with E-state index in [1.165, 1.54) is 12.1 Å². The number of sulfonamides is 1. The lowest BCUT2D eigenvalue weighted by atomic mass is 10.1. The van der Waals surface area contributed by atoms with E-state index in [1.54, 1.807) is 37.3 Å². The first-order valence-corrected chi connectivity index (χ1v) is 13.0. The minimum absolute atomic E-state index is 0.0642. The van der Waals surface area contributed by atoms with Crippen LogP contribution in [0.3, 0.4) is 0 Å². The Labute approximate surface area is 209 Å². The van der Waals surface area contributed by atoms with Gasteiger partial charge in [0.2, 0.25) is 0 Å². The first-order chi connectivity index (χ1) is 16.7. The van der Waals surface area contributed by atoms with Crippen LogP contribution in [0.15, 0.2) is 89.8 Å². The highest BCUT2D eigenvalue weighted by atomic mass is 35.5. The number of hydrogen-bond donors (Lipinski definition) is 2. The van der Waals surface area contributed by atoms with Gasteiger partial charge >= 0.3 is 0 Å². The summed E-state index contributed by atoms with van der Waals surface area (Å²) in [5.41, 5.74) is 1.62. The zero-order valence-corrected chi connectivity index (χ0v) is 20.9. The topological polar surface area (TPSA) is 84.5 Å². The number of hydrogen-bond acceptors (Lipinski definition) is 4. The van der Waals surface area contributed by atoms with Crippen LogP contribution in [0.1, 0.15) is 18.9 Å². The number of carbonyl (C=O) groups excluding carboxylic acids is 1. The standard InChI is InChI=1S/C27H25ClN2O4S/c1-3-26(34-23-13-9-19-6-4-5-7-20(19)16-23)27(31)29-22-11-14-24(15-12-22)35(32,33)30-25-17-21(28)10-8-18(25)2/h4-17,26,30H,3H2,1-2H3,(H,29,31)/t26-/m1/s1. The molecule has 4 aromatic rings. The summed E-state index contributed by atoms with van der Waals surface area (Å²) in [6.07, 6.45) is -0.236. The smallest absolute Gasteiger partial charge is 0.265 e. The van der Waals surface area contributed by atoms with Crippen molar-refractivity contribution in [1.82, 2.24) is 0 Å². The van der Waals surface area contributed by atoms with E-state index < -0.39 is 16.1 Å². The number of aryl methyl sites for hydroxylation is 1. The summed E-state index contributed by atoms with van der Waals surface area (Å²) >= 11 is 5.99. The van der Waals surface area contributed by atoms with Crippen LogP contribution in [-0.2, 0) is 14.8 Å². The third kappa shape index (κ3) is 5.93. The molecule has 0 radical (unpaired) electrons. The van der Waals surface area contributed by atoms with Gasteiger partial charge in [0.05, 0.1) is 10.6 Å². The Morgan fingerprint density at radius 3 is 2.37 bits per heavy atom. The fourth-order valence-corrected chi connectivity index (χ4v) is 4.87. The van der Waals surface area contributed by atoms with Gasteiger partial charge in [0.15, 0.2) is 6.10 Å². The van der Waals surface area contributed by atoms with Gasteiger partial charge in [0.25, 0.3) is 15.9 Å². The van der Waals surface area contributed by atoms with E-state index in [0.29, 0.717) is 28.6 Å². The van der Waals surface area contributed by atoms with E-state index in [1.807, 2.05) is 49.4 Å². The predicted octanol–water partition coefficient (Wildman–Crippen LogP) is 6.40. The van der Waals surface area contributed by atoms with Gasteiger partial charge in [-0.3, -0.25) is 9.52 Å². The maximum atomic E-state index is 12.8. The molecule has 1 amide bonds. The van der Waals surface area contributed by atoms with Gasteiger partial charge in [-0.05, 0) is 78.2 Å². The number of amides is 1. The third-order valence-corrected chi connectivity index (χ3v) is 7.16. The normalized spacial score (nSPS) is 12.2. The predicted molar refractivity (Wildman–Crippen MR) is 141 cm³/mol. The molecule has 180 valence electrons. The highest BCUT2D eigenvalue weighted by Crippen LogP contribution is 2.25. The number of rotatable bonds is 8. The summed E-state index contributed by atoms with van der Waals surface area (Å²) in [5, 5.41) is 5.35. The number of ether oxygens (including phenoxy) is 1. The van der Waals surface area contributed by atoms with Gasteiger partial charge in [-0.1, -0.05) is 54.9 Å². The molecule has 0 saturated carbocycles. The van der Waals surface area contributed by atoms with Crippen molar-refractivity contribution in [3.63, 3.8) is 0 Å². The van der Waals surface area contributed by atoms with Gasteiger partial charge in [-0.25, -0.2) is 8.42 Å². The molecule has 0 spiro atoms. The van der Waals surface area contributed by atoms with E-state index in [2.05, 4.69) is 10.0 Å². The highest BCUT2D eigenvalue weighted by molar-refractivity contribution is 7.92. The minimum atomic E-state index is -3.82. The largest absolute Gasteiger partial charge is 0.481 e. The molecule has 0 aliphatic rings. The van der Waals surface area contributed by atoms with Gasteiger partial charge in [-0.2, -0.15) is 0 Å². The molecule has 0 saturated heterocycles. The molecule has 0 unspecified atom stereocenters. The Kier molecular flexibility index (Phi) is 7.28. The molecular weight excluding hydrogens is 484 g/mol. The number of carbonyl (C=O) groups is 1. The Bertz CT molecular complexity index is 1470. The molecule has 0 aromatic heterocycles. The van der Waals surface area contributed by atoms with E-state index in [-0.39, 0.29) is 10.8 Å². The van der Waals surface area contributed by atoms with Crippen molar-refractivity contribution >= 4 is 49.7 Å². The fourth-order valence-electron chi connectivity index (χ4n) is 3.58. The van der Waals surface area contributed by atoms with Crippen LogP contribution in [0.2, 0.25) is 5.02 Å². The molecule has 4 aromatic carbocycles. The molecule has 35 heavy (non-hydrogen) atoms. The molecule has 1 atom stereocenters. The third-order valence-electron chi connectivity index (χ3n) is 5.54. The second-order valence-electron chi connectivity index (χ2n) is 8.10. The van der Waals surface area contributed by atoms with E-state index in [4.69, 9.17) is 16.3 Å². The fraction of sp³-hybridized carbons (Fsp3) is 0.148. The second-order valence-corrected chi connectivity index (χ2v) is 10.2. The first-order valence-electron chi connectivity index (χ1n) is 11.1. The van der Waals surface area contributed by atoms with Gasteiger partial charge in [0.1, 0.15) is 5.75 Å². The first kappa shape index (κ1) is 24.6. The van der Waals surface area contributed by atoms with Crippen molar-refractivity contribution < 1.29 is 17.9 Å². The highest BCUT2D eigenvalue weighted by Gasteiger charge is 2.20. The van der Waals surface area contributed by atoms with Crippen LogP contribution < -0.4 is 14.8 Å². The van der Waals surface area contributed by atoms with Gasteiger partial charge < -0.3 is 10.1 Å². The number of halogens is 1. The molecule has 0 aliphatic carbocycles. The summed E-state index contributed by atoms with van der Waals surface area (Å²) in [6.45, 7) is 3.65. The van der Waals surface area contributed by atoms with Crippen LogP contribution >= 0.6 is 11.6 Å². The second kappa shape index (κ2) is 10.4. The van der Waals surface area contributed by atoms with Crippen LogP contribution in [0.5, 0.6) is 5.75 Å². The maximum absolute atomic E-state index is 12.8. The average Bonchev–Trinajstić information content (AvgIpc) is 2.84. The van der Waals surface area contributed by atoms with Crippen molar-refractivity contribution in [1.29, 1.82) is 0 Å². The summed E-state index contributed by atoms with van der Waals surface area (Å²) in [5.74, 6) is 0.290. The average molecular weight is 509 g/mol. The molecule has 0 bridgehead atoms. The quantitative estimate of drug-likeness (QED) is 0.288. The molecule has 6 nitrogen and oxygen atoms in total. The van der Waals surface area contributed by atoms with Crippen molar-refractivity contribution in [3.8, 4) is 5.75 Å². The van der Waals surface area contributed by atoms with Crippen LogP contribution in [0, 0.1) is 6.92 Å². The Hall–Kier alpha value is -3.55. The van der Waals surface area contributed by atoms with Gasteiger partial charge in [-0.15, -0.1) is 0 Å². The van der Waals surface area contributed by atoms with Crippen molar-refractivity contribution in [3.05, 3.63) is 95.5 Å². The molecule has 4 rings (SSSR count). The van der Waals surface area contributed by atoms with E-state index in [0.717, 1.165) is 16.3 Å². The van der Waals surface area contributed by atoms with E-state index in [9.17, 15) is 13.2 Å². The number of fused-ring (bicyclic) bond motifs is 1. The Balaban J connectivity index is 1.43. The zero-order valence-electron chi connectivity index (χ0n) is 19.3. The number of nitrogens with one attached hydrogen (secondary N) is 2. The van der Waals surface area contributed by atoms with Crippen molar-refractivity contribution in [2.75, 3.05) is 10.0 Å². The van der Waals surface area contributed by atoms with Crippen molar-refractivity contribution in [2.45, 2.75) is 31.3 Å². The SMILES string of the molecule is CC[C@@H](Oc1ccc2ccccc2c1)C(=O)Nc1ccc(S(=O)(=O)Nc2cc(Cl)ccc2C)cc1. The van der Waals surface area contributed by atoms with Crippen molar-refractivity contribution in [2.24, 2.45) is 0 Å². The van der Waals surface area contributed by atoms with Crippen LogP contribution in [0.25, 0.3) is 10.8 Å². The molecule has 0 fully saturated rings. The zero-order chi connectivity index (χ0) is 25.0. The number of benzene rings is 4. The lowest BCUT2D eigenvalue weighted by molar-refractivity contribution is -0.122. The summed E-state index contributed by atoms with van der Waals surface area (Å²) in [6, 6.07) is 24.6. The summed E-state index contributed by atoms with van der Waals surface area (Å²) < 4.78 is 34.1. The molecular formula is C27H25ClN2O4S. The molecule has 0 aliphatic heterocycles. The maximum Gasteiger partial charge on any atom is 0.265 e.